The number of rotatable bonds is 2. The van der Waals surface area contributed by atoms with Crippen LogP contribution < -0.4 is 0 Å². The molecule has 5 aromatic rings. The van der Waals surface area contributed by atoms with Crippen molar-refractivity contribution in [2.75, 3.05) is 0 Å². The first-order valence-electron chi connectivity index (χ1n) is 8.23. The van der Waals surface area contributed by atoms with E-state index >= 15 is 0 Å². The lowest BCUT2D eigenvalue weighted by atomic mass is 10.0. The largest absolute Gasteiger partial charge is 0.338 e. The van der Waals surface area contributed by atoms with Gasteiger partial charge in [-0.05, 0) is 23.8 Å². The number of hydrogen-bond acceptors (Lipinski definition) is 3. The monoisotopic (exact) mass is 340 g/mol. The van der Waals surface area contributed by atoms with Gasteiger partial charge in [-0.3, -0.25) is 9.97 Å². The standard InChI is InChI=1S/C21H13FN4/c22-16-11-25-21-20(19(16)13-5-2-1-3-6-13)15-9-17(24-12-18(15)26-21)14-7-4-8-23-10-14/h1-12H,(H,25,26). The predicted octanol–water partition coefficient (Wildman–Crippen LogP) is 4.98. The van der Waals surface area contributed by atoms with Crippen molar-refractivity contribution in [1.82, 2.24) is 19.9 Å². The van der Waals surface area contributed by atoms with Crippen LogP contribution in [0.3, 0.4) is 0 Å². The van der Waals surface area contributed by atoms with Crippen molar-refractivity contribution in [2.24, 2.45) is 0 Å². The molecular formula is C21H13FN4. The third-order valence-corrected chi connectivity index (χ3v) is 4.48. The van der Waals surface area contributed by atoms with E-state index in [1.807, 2.05) is 48.5 Å². The Hall–Kier alpha value is -3.60. The number of H-pyrrole nitrogens is 1. The molecule has 0 amide bonds. The fraction of sp³-hybridized carbons (Fsp3) is 0. The minimum atomic E-state index is -0.343. The topological polar surface area (TPSA) is 54.5 Å². The first-order valence-corrected chi connectivity index (χ1v) is 8.23. The molecule has 0 saturated carbocycles. The lowest BCUT2D eigenvalue weighted by molar-refractivity contribution is 0.627. The van der Waals surface area contributed by atoms with Gasteiger partial charge in [-0.15, -0.1) is 0 Å². The van der Waals surface area contributed by atoms with Crippen molar-refractivity contribution in [3.63, 3.8) is 0 Å². The summed E-state index contributed by atoms with van der Waals surface area (Å²) < 4.78 is 14.7. The summed E-state index contributed by atoms with van der Waals surface area (Å²) in [5.41, 5.74) is 4.53. The lowest BCUT2D eigenvalue weighted by Crippen LogP contribution is -1.89. The molecule has 0 radical (unpaired) electrons. The van der Waals surface area contributed by atoms with Gasteiger partial charge >= 0.3 is 0 Å². The van der Waals surface area contributed by atoms with E-state index in [1.54, 1.807) is 18.6 Å². The maximum Gasteiger partial charge on any atom is 0.150 e. The van der Waals surface area contributed by atoms with Crippen LogP contribution in [0.2, 0.25) is 0 Å². The summed E-state index contributed by atoms with van der Waals surface area (Å²) >= 11 is 0. The van der Waals surface area contributed by atoms with E-state index in [0.29, 0.717) is 11.2 Å². The third kappa shape index (κ3) is 2.25. The highest BCUT2D eigenvalue weighted by molar-refractivity contribution is 6.13. The number of hydrogen-bond donors (Lipinski definition) is 1. The molecule has 0 aliphatic carbocycles. The van der Waals surface area contributed by atoms with Crippen LogP contribution >= 0.6 is 0 Å². The van der Waals surface area contributed by atoms with Crippen molar-refractivity contribution in [1.29, 1.82) is 0 Å². The lowest BCUT2D eigenvalue weighted by Gasteiger charge is -2.06. The maximum absolute atomic E-state index is 14.7. The Kier molecular flexibility index (Phi) is 3.25. The number of benzene rings is 1. The summed E-state index contributed by atoms with van der Waals surface area (Å²) in [7, 11) is 0. The van der Waals surface area contributed by atoms with Crippen molar-refractivity contribution in [2.45, 2.75) is 0 Å². The zero-order valence-electron chi connectivity index (χ0n) is 13.6. The molecule has 1 aromatic carbocycles. The summed E-state index contributed by atoms with van der Waals surface area (Å²) in [6, 6.07) is 15.3. The summed E-state index contributed by atoms with van der Waals surface area (Å²) in [4.78, 5) is 16.1. The van der Waals surface area contributed by atoms with Gasteiger partial charge in [0.05, 0.1) is 23.6 Å². The number of aromatic amines is 1. The quantitative estimate of drug-likeness (QED) is 0.493. The molecule has 0 aliphatic heterocycles. The molecule has 0 spiro atoms. The molecule has 124 valence electrons. The summed E-state index contributed by atoms with van der Waals surface area (Å²) in [5.74, 6) is -0.343. The molecule has 0 aliphatic rings. The van der Waals surface area contributed by atoms with E-state index in [-0.39, 0.29) is 5.82 Å². The number of pyridine rings is 3. The highest BCUT2D eigenvalue weighted by Gasteiger charge is 2.16. The van der Waals surface area contributed by atoms with Crippen molar-refractivity contribution in [3.05, 3.63) is 79.1 Å². The van der Waals surface area contributed by atoms with Gasteiger partial charge in [0.1, 0.15) is 11.5 Å². The number of halogens is 1. The molecule has 0 unspecified atom stereocenters. The fourth-order valence-electron chi connectivity index (χ4n) is 3.29. The minimum Gasteiger partial charge on any atom is -0.338 e. The van der Waals surface area contributed by atoms with Gasteiger partial charge < -0.3 is 4.98 Å². The first kappa shape index (κ1) is 14.7. The zero-order chi connectivity index (χ0) is 17.5. The Balaban J connectivity index is 1.86. The molecule has 5 heteroatoms. The SMILES string of the molecule is Fc1cnc2[nH]c3cnc(-c4cccnc4)cc3c2c1-c1ccccc1. The second kappa shape index (κ2) is 5.74. The first-order chi connectivity index (χ1) is 12.8. The third-order valence-electron chi connectivity index (χ3n) is 4.48. The average Bonchev–Trinajstić information content (AvgIpc) is 3.07. The van der Waals surface area contributed by atoms with Crippen LogP contribution in [0.25, 0.3) is 44.3 Å². The highest BCUT2D eigenvalue weighted by atomic mass is 19.1. The van der Waals surface area contributed by atoms with Gasteiger partial charge in [0.2, 0.25) is 0 Å². The Morgan fingerprint density at radius 1 is 0.846 bits per heavy atom. The molecular weight excluding hydrogens is 327 g/mol. The van der Waals surface area contributed by atoms with Gasteiger partial charge in [-0.1, -0.05) is 30.3 Å². The van der Waals surface area contributed by atoms with Crippen LogP contribution in [0.5, 0.6) is 0 Å². The minimum absolute atomic E-state index is 0.343. The van der Waals surface area contributed by atoms with Crippen molar-refractivity contribution >= 4 is 21.9 Å². The molecule has 1 N–H and O–H groups in total. The van der Waals surface area contributed by atoms with Crippen LogP contribution in [0.15, 0.2) is 73.3 Å². The van der Waals surface area contributed by atoms with E-state index in [0.717, 1.165) is 33.1 Å². The average molecular weight is 340 g/mol. The molecule has 4 nitrogen and oxygen atoms in total. The van der Waals surface area contributed by atoms with Gasteiger partial charge in [0, 0.05) is 34.3 Å². The van der Waals surface area contributed by atoms with Crippen LogP contribution in [0.1, 0.15) is 0 Å². The number of aromatic nitrogens is 4. The Labute approximate surface area is 148 Å². The van der Waals surface area contributed by atoms with Crippen LogP contribution in [0, 0.1) is 5.82 Å². The summed E-state index contributed by atoms with van der Waals surface area (Å²) in [5, 5.41) is 1.65. The second-order valence-corrected chi connectivity index (χ2v) is 6.05. The number of nitrogens with zero attached hydrogens (tertiary/aromatic N) is 3. The fourth-order valence-corrected chi connectivity index (χ4v) is 3.29. The Morgan fingerprint density at radius 2 is 1.69 bits per heavy atom. The molecule has 0 fully saturated rings. The van der Waals surface area contributed by atoms with E-state index < -0.39 is 0 Å². The predicted molar refractivity (Wildman–Crippen MR) is 100 cm³/mol. The number of fused-ring (bicyclic) bond motifs is 3. The second-order valence-electron chi connectivity index (χ2n) is 6.05. The molecule has 4 heterocycles. The van der Waals surface area contributed by atoms with E-state index in [4.69, 9.17) is 0 Å². The zero-order valence-corrected chi connectivity index (χ0v) is 13.6. The van der Waals surface area contributed by atoms with E-state index in [1.165, 1.54) is 6.20 Å². The molecule has 5 rings (SSSR count). The normalized spacial score (nSPS) is 11.3. The molecule has 0 saturated heterocycles. The summed E-state index contributed by atoms with van der Waals surface area (Å²) in [6.45, 7) is 0. The van der Waals surface area contributed by atoms with Gasteiger partial charge in [-0.2, -0.15) is 0 Å². The molecule has 26 heavy (non-hydrogen) atoms. The van der Waals surface area contributed by atoms with Crippen molar-refractivity contribution in [3.8, 4) is 22.4 Å². The van der Waals surface area contributed by atoms with E-state index in [9.17, 15) is 4.39 Å². The Bertz CT molecular complexity index is 1230. The Morgan fingerprint density at radius 3 is 2.50 bits per heavy atom. The van der Waals surface area contributed by atoms with Crippen LogP contribution in [-0.2, 0) is 0 Å². The molecule has 4 aromatic heterocycles. The van der Waals surface area contributed by atoms with Crippen molar-refractivity contribution < 1.29 is 4.39 Å². The van der Waals surface area contributed by atoms with Crippen LogP contribution in [-0.4, -0.2) is 19.9 Å². The number of nitrogens with one attached hydrogen (secondary N) is 1. The smallest absolute Gasteiger partial charge is 0.150 e. The summed E-state index contributed by atoms with van der Waals surface area (Å²) in [6.07, 6.45) is 6.50. The molecule has 0 atom stereocenters. The van der Waals surface area contributed by atoms with Gasteiger partial charge in [0.15, 0.2) is 0 Å². The van der Waals surface area contributed by atoms with E-state index in [2.05, 4.69) is 19.9 Å². The van der Waals surface area contributed by atoms with Gasteiger partial charge in [0.25, 0.3) is 0 Å². The van der Waals surface area contributed by atoms with Gasteiger partial charge in [-0.25, -0.2) is 9.37 Å². The highest BCUT2D eigenvalue weighted by Crippen LogP contribution is 2.36. The maximum atomic E-state index is 14.7. The van der Waals surface area contributed by atoms with Crippen LogP contribution in [0.4, 0.5) is 4.39 Å². The molecule has 0 bridgehead atoms.